The molecule has 0 amide bonds. The highest BCUT2D eigenvalue weighted by atomic mass is 16.5. The molecule has 0 aromatic rings. The molecule has 2 aliphatic rings. The van der Waals surface area contributed by atoms with Gasteiger partial charge >= 0.3 is 11.9 Å². The molecule has 2 N–H and O–H groups in total. The number of carboxylic acids is 1. The first-order valence-electron chi connectivity index (χ1n) is 9.87. The highest BCUT2D eigenvalue weighted by Crippen LogP contribution is 2.61. The maximum absolute atomic E-state index is 11.1. The lowest BCUT2D eigenvalue weighted by atomic mass is 9.46. The fraction of sp³-hybridized carbons (Fsp3) is 0.727. The first-order chi connectivity index (χ1) is 12.5. The molecule has 4 atom stereocenters. The topological polar surface area (TPSA) is 83.8 Å². The molecule has 5 nitrogen and oxygen atoms in total. The van der Waals surface area contributed by atoms with Gasteiger partial charge in [-0.05, 0) is 66.8 Å². The van der Waals surface area contributed by atoms with E-state index in [0.717, 1.165) is 38.2 Å². The Kier molecular flexibility index (Phi) is 6.56. The van der Waals surface area contributed by atoms with E-state index in [0.29, 0.717) is 17.9 Å². The fourth-order valence-electron chi connectivity index (χ4n) is 5.86. The Morgan fingerprint density at radius 3 is 2.56 bits per heavy atom. The average molecular weight is 379 g/mol. The van der Waals surface area contributed by atoms with Gasteiger partial charge in [0.15, 0.2) is 0 Å². The SMILES string of the molecule is C=C1CCC2C(C)(C)CC(O)CC2(C)C1CCC(=CC(=O)O)COC(C)=O. The summed E-state index contributed by atoms with van der Waals surface area (Å²) in [7, 11) is 0. The third-order valence-electron chi connectivity index (χ3n) is 6.76. The molecule has 0 aromatic heterocycles. The number of hydrogen-bond donors (Lipinski definition) is 2. The van der Waals surface area contributed by atoms with Gasteiger partial charge in [0.25, 0.3) is 0 Å². The fourth-order valence-corrected chi connectivity index (χ4v) is 5.86. The second kappa shape index (κ2) is 8.17. The van der Waals surface area contributed by atoms with E-state index in [1.165, 1.54) is 12.5 Å². The van der Waals surface area contributed by atoms with Crippen LogP contribution in [0.15, 0.2) is 23.8 Å². The number of rotatable bonds is 6. The summed E-state index contributed by atoms with van der Waals surface area (Å²) in [6.07, 6.45) is 5.79. The van der Waals surface area contributed by atoms with Crippen LogP contribution in [0, 0.1) is 22.7 Å². The molecule has 0 radical (unpaired) electrons. The van der Waals surface area contributed by atoms with Crippen molar-refractivity contribution in [1.82, 2.24) is 0 Å². The van der Waals surface area contributed by atoms with E-state index >= 15 is 0 Å². The second-order valence-corrected chi connectivity index (χ2v) is 9.32. The number of aliphatic hydroxyl groups excluding tert-OH is 1. The van der Waals surface area contributed by atoms with Crippen LogP contribution >= 0.6 is 0 Å². The van der Waals surface area contributed by atoms with Gasteiger partial charge in [0.1, 0.15) is 6.61 Å². The van der Waals surface area contributed by atoms with Gasteiger partial charge in [0.2, 0.25) is 0 Å². The molecular formula is C22H34O5. The standard InChI is InChI=1S/C22H34O5/c1-14-6-9-19-21(3,4)11-17(24)12-22(19,5)18(14)8-7-16(10-20(25)26)13-27-15(2)23/h10,17-19,24H,1,6-9,11-13H2,2-5H3,(H,25,26). The van der Waals surface area contributed by atoms with Crippen LogP contribution in [0.2, 0.25) is 0 Å². The number of carboxylic acid groups (broad SMARTS) is 1. The minimum absolute atomic E-state index is 0.00902. The number of esters is 1. The maximum Gasteiger partial charge on any atom is 0.328 e. The molecule has 0 aromatic carbocycles. The lowest BCUT2D eigenvalue weighted by Gasteiger charge is -2.59. The summed E-state index contributed by atoms with van der Waals surface area (Å²) in [5, 5.41) is 19.6. The Hall–Kier alpha value is -1.62. The smallest absolute Gasteiger partial charge is 0.328 e. The first-order valence-corrected chi connectivity index (χ1v) is 9.87. The van der Waals surface area contributed by atoms with Gasteiger partial charge in [-0.2, -0.15) is 0 Å². The average Bonchev–Trinajstić information content (AvgIpc) is 2.49. The van der Waals surface area contributed by atoms with Crippen molar-refractivity contribution in [3.05, 3.63) is 23.8 Å². The number of ether oxygens (including phenoxy) is 1. The van der Waals surface area contributed by atoms with E-state index in [1.54, 1.807) is 0 Å². The Morgan fingerprint density at radius 2 is 1.96 bits per heavy atom. The van der Waals surface area contributed by atoms with Crippen molar-refractivity contribution < 1.29 is 24.5 Å². The summed E-state index contributed by atoms with van der Waals surface area (Å²) in [5.41, 5.74) is 1.82. The molecule has 2 rings (SSSR count). The Balaban J connectivity index is 2.20. The van der Waals surface area contributed by atoms with Crippen LogP contribution < -0.4 is 0 Å². The van der Waals surface area contributed by atoms with E-state index in [-0.39, 0.29) is 29.5 Å². The van der Waals surface area contributed by atoms with Gasteiger partial charge in [-0.15, -0.1) is 0 Å². The minimum atomic E-state index is -1.03. The quantitative estimate of drug-likeness (QED) is 0.413. The summed E-state index contributed by atoms with van der Waals surface area (Å²) in [6, 6.07) is 0. The maximum atomic E-state index is 11.1. The molecule has 5 heteroatoms. The normalized spacial score (nSPS) is 33.3. The van der Waals surface area contributed by atoms with Crippen molar-refractivity contribution in [2.24, 2.45) is 22.7 Å². The van der Waals surface area contributed by atoms with Crippen molar-refractivity contribution in [2.45, 2.75) is 72.3 Å². The number of aliphatic carboxylic acids is 1. The Morgan fingerprint density at radius 1 is 1.30 bits per heavy atom. The van der Waals surface area contributed by atoms with Crippen LogP contribution in [0.25, 0.3) is 0 Å². The predicted octanol–water partition coefficient (Wildman–Crippen LogP) is 4.11. The van der Waals surface area contributed by atoms with Crippen molar-refractivity contribution in [3.63, 3.8) is 0 Å². The first kappa shape index (κ1) is 21.7. The van der Waals surface area contributed by atoms with Crippen molar-refractivity contribution in [1.29, 1.82) is 0 Å². The predicted molar refractivity (Wildman–Crippen MR) is 104 cm³/mol. The summed E-state index contributed by atoms with van der Waals surface area (Å²) >= 11 is 0. The molecule has 2 saturated carbocycles. The zero-order valence-electron chi connectivity index (χ0n) is 17.1. The molecule has 27 heavy (non-hydrogen) atoms. The van der Waals surface area contributed by atoms with Gasteiger partial charge < -0.3 is 14.9 Å². The second-order valence-electron chi connectivity index (χ2n) is 9.32. The summed E-state index contributed by atoms with van der Waals surface area (Å²) < 4.78 is 5.02. The van der Waals surface area contributed by atoms with Crippen molar-refractivity contribution >= 4 is 11.9 Å². The van der Waals surface area contributed by atoms with Gasteiger partial charge in [-0.25, -0.2) is 4.79 Å². The van der Waals surface area contributed by atoms with Gasteiger partial charge in [-0.1, -0.05) is 32.9 Å². The van der Waals surface area contributed by atoms with E-state index < -0.39 is 11.9 Å². The molecule has 0 spiro atoms. The minimum Gasteiger partial charge on any atom is -0.478 e. The van der Waals surface area contributed by atoms with Crippen LogP contribution in [0.5, 0.6) is 0 Å². The highest BCUT2D eigenvalue weighted by Gasteiger charge is 2.54. The number of aliphatic hydroxyl groups is 1. The van der Waals surface area contributed by atoms with Crippen molar-refractivity contribution in [3.8, 4) is 0 Å². The molecule has 2 aliphatic carbocycles. The van der Waals surface area contributed by atoms with E-state index in [4.69, 9.17) is 9.84 Å². The van der Waals surface area contributed by atoms with Gasteiger partial charge in [0, 0.05) is 13.0 Å². The molecular weight excluding hydrogens is 344 g/mol. The summed E-state index contributed by atoms with van der Waals surface area (Å²) in [5.74, 6) is -0.722. The lowest BCUT2D eigenvalue weighted by molar-refractivity contribution is -0.140. The largest absolute Gasteiger partial charge is 0.478 e. The Labute approximate surface area is 162 Å². The zero-order chi connectivity index (χ0) is 20.4. The summed E-state index contributed by atoms with van der Waals surface area (Å²) in [6.45, 7) is 12.4. The highest BCUT2D eigenvalue weighted by molar-refractivity contribution is 5.80. The molecule has 0 saturated heterocycles. The van der Waals surface area contributed by atoms with Crippen LogP contribution in [-0.2, 0) is 14.3 Å². The van der Waals surface area contributed by atoms with Crippen LogP contribution in [0.3, 0.4) is 0 Å². The Bertz CT molecular complexity index is 633. The van der Waals surface area contributed by atoms with E-state index in [9.17, 15) is 14.7 Å². The number of fused-ring (bicyclic) bond motifs is 1. The number of carbonyl (C=O) groups excluding carboxylic acids is 1. The zero-order valence-corrected chi connectivity index (χ0v) is 17.1. The molecule has 2 fully saturated rings. The van der Waals surface area contributed by atoms with Crippen LogP contribution in [0.1, 0.15) is 66.2 Å². The third kappa shape index (κ3) is 5.01. The monoisotopic (exact) mass is 378 g/mol. The number of carbonyl (C=O) groups is 2. The van der Waals surface area contributed by atoms with E-state index in [2.05, 4.69) is 27.4 Å². The molecule has 0 bridgehead atoms. The van der Waals surface area contributed by atoms with E-state index in [1.807, 2.05) is 0 Å². The molecule has 0 aliphatic heterocycles. The lowest BCUT2D eigenvalue weighted by Crippen LogP contribution is -2.53. The van der Waals surface area contributed by atoms with Crippen molar-refractivity contribution in [2.75, 3.05) is 6.61 Å². The van der Waals surface area contributed by atoms with Gasteiger partial charge in [-0.3, -0.25) is 4.79 Å². The van der Waals surface area contributed by atoms with Crippen LogP contribution in [-0.4, -0.2) is 34.9 Å². The number of allylic oxidation sites excluding steroid dienone is 1. The van der Waals surface area contributed by atoms with Crippen LogP contribution in [0.4, 0.5) is 0 Å². The number of hydrogen-bond acceptors (Lipinski definition) is 4. The molecule has 0 heterocycles. The van der Waals surface area contributed by atoms with Gasteiger partial charge in [0.05, 0.1) is 6.10 Å². The third-order valence-corrected chi connectivity index (χ3v) is 6.76. The molecule has 152 valence electrons. The molecule has 4 unspecified atom stereocenters. The summed E-state index contributed by atoms with van der Waals surface area (Å²) in [4.78, 5) is 22.2.